The molecule has 3 N–H and O–H groups in total. The van der Waals surface area contributed by atoms with Gasteiger partial charge in [0.05, 0.1) is 13.2 Å². The zero-order valence-corrected chi connectivity index (χ0v) is 10.6. The molecule has 0 aliphatic rings. The Hall–Kier alpha value is -1.43. The maximum Gasteiger partial charge on any atom is 0.150 e. The van der Waals surface area contributed by atoms with E-state index in [0.717, 1.165) is 0 Å². The molecular weight excluding hydrogens is 234 g/mol. The first-order valence-corrected chi connectivity index (χ1v) is 5.77. The number of benzene rings is 1. The molecule has 0 saturated carbocycles. The quantitative estimate of drug-likeness (QED) is 0.617. The third kappa shape index (κ3) is 3.53. The second kappa shape index (κ2) is 7.10. The van der Waals surface area contributed by atoms with E-state index in [1.54, 1.807) is 19.2 Å². The minimum atomic E-state index is -1.08. The predicted molar refractivity (Wildman–Crippen MR) is 67.9 cm³/mol. The zero-order valence-electron chi connectivity index (χ0n) is 10.6. The molecule has 2 unspecified atom stereocenters. The molecule has 0 heterocycles. The number of rotatable bonds is 7. The standard InChI is InChI=1S/C13H19NO4/c1-14-6-5-11(16)13(17)10-7-9(8-15)3-4-12(10)18-2/h3-4,7-8,11,13-14,16-17H,5-6H2,1-2H3. The Morgan fingerprint density at radius 1 is 1.44 bits per heavy atom. The number of methoxy groups -OCH3 is 1. The molecule has 1 aromatic carbocycles. The van der Waals surface area contributed by atoms with E-state index in [9.17, 15) is 15.0 Å². The molecule has 5 heteroatoms. The summed E-state index contributed by atoms with van der Waals surface area (Å²) in [6.07, 6.45) is -0.886. The van der Waals surface area contributed by atoms with Gasteiger partial charge in [0.15, 0.2) is 0 Å². The van der Waals surface area contributed by atoms with Gasteiger partial charge < -0.3 is 20.3 Å². The molecule has 0 aromatic heterocycles. The van der Waals surface area contributed by atoms with E-state index in [2.05, 4.69) is 5.32 Å². The second-order valence-electron chi connectivity index (χ2n) is 4.02. The average Bonchev–Trinajstić information content (AvgIpc) is 2.43. The van der Waals surface area contributed by atoms with Crippen LogP contribution < -0.4 is 10.1 Å². The molecule has 0 radical (unpaired) electrons. The maximum atomic E-state index is 10.7. The third-order valence-corrected chi connectivity index (χ3v) is 2.76. The van der Waals surface area contributed by atoms with Crippen molar-refractivity contribution in [3.8, 4) is 5.75 Å². The van der Waals surface area contributed by atoms with Crippen molar-refractivity contribution in [1.82, 2.24) is 5.32 Å². The lowest BCUT2D eigenvalue weighted by Crippen LogP contribution is -2.23. The third-order valence-electron chi connectivity index (χ3n) is 2.76. The van der Waals surface area contributed by atoms with Gasteiger partial charge in [-0.25, -0.2) is 0 Å². The van der Waals surface area contributed by atoms with Gasteiger partial charge in [-0.1, -0.05) is 0 Å². The first-order chi connectivity index (χ1) is 8.63. The zero-order chi connectivity index (χ0) is 13.5. The Morgan fingerprint density at radius 2 is 2.17 bits per heavy atom. The van der Waals surface area contributed by atoms with E-state index in [1.807, 2.05) is 0 Å². The number of hydrogen-bond acceptors (Lipinski definition) is 5. The molecule has 18 heavy (non-hydrogen) atoms. The second-order valence-corrected chi connectivity index (χ2v) is 4.02. The Bertz CT molecular complexity index is 395. The largest absolute Gasteiger partial charge is 0.496 e. The summed E-state index contributed by atoms with van der Waals surface area (Å²) in [6, 6.07) is 4.73. The number of aliphatic hydroxyl groups is 2. The van der Waals surface area contributed by atoms with Gasteiger partial charge in [-0.15, -0.1) is 0 Å². The highest BCUT2D eigenvalue weighted by Crippen LogP contribution is 2.29. The fourth-order valence-corrected chi connectivity index (χ4v) is 1.71. The Balaban J connectivity index is 2.94. The Kier molecular flexibility index (Phi) is 5.77. The van der Waals surface area contributed by atoms with E-state index < -0.39 is 12.2 Å². The molecule has 0 spiro atoms. The van der Waals surface area contributed by atoms with Gasteiger partial charge in [-0.3, -0.25) is 4.79 Å². The number of ether oxygens (including phenoxy) is 1. The highest BCUT2D eigenvalue weighted by molar-refractivity contribution is 5.75. The first-order valence-electron chi connectivity index (χ1n) is 5.77. The van der Waals surface area contributed by atoms with Crippen molar-refractivity contribution in [2.75, 3.05) is 20.7 Å². The number of nitrogens with one attached hydrogen (secondary N) is 1. The van der Waals surface area contributed by atoms with Crippen LogP contribution in [-0.2, 0) is 0 Å². The lowest BCUT2D eigenvalue weighted by atomic mass is 9.99. The highest BCUT2D eigenvalue weighted by atomic mass is 16.5. The number of aldehydes is 1. The molecule has 0 aliphatic heterocycles. The summed E-state index contributed by atoms with van der Waals surface area (Å²) in [4.78, 5) is 10.7. The van der Waals surface area contributed by atoms with Crippen LogP contribution in [0.2, 0.25) is 0 Å². The van der Waals surface area contributed by atoms with Crippen LogP contribution in [0.15, 0.2) is 18.2 Å². The first kappa shape index (κ1) is 14.6. The monoisotopic (exact) mass is 253 g/mol. The van der Waals surface area contributed by atoms with Crippen LogP contribution in [0.3, 0.4) is 0 Å². The topological polar surface area (TPSA) is 78.8 Å². The van der Waals surface area contributed by atoms with Gasteiger partial charge >= 0.3 is 0 Å². The van der Waals surface area contributed by atoms with Crippen molar-refractivity contribution in [3.05, 3.63) is 29.3 Å². The summed E-state index contributed by atoms with van der Waals surface area (Å²) >= 11 is 0. The van der Waals surface area contributed by atoms with Gasteiger partial charge in [0.2, 0.25) is 0 Å². The van der Waals surface area contributed by atoms with Crippen LogP contribution in [0.5, 0.6) is 5.75 Å². The van der Waals surface area contributed by atoms with Crippen LogP contribution >= 0.6 is 0 Å². The molecule has 0 aliphatic carbocycles. The summed E-state index contributed by atoms with van der Waals surface area (Å²) in [5.74, 6) is 0.455. The predicted octanol–water partition coefficient (Wildman–Crippen LogP) is 0.511. The Morgan fingerprint density at radius 3 is 2.72 bits per heavy atom. The minimum Gasteiger partial charge on any atom is -0.496 e. The lowest BCUT2D eigenvalue weighted by molar-refractivity contribution is 0.0127. The maximum absolute atomic E-state index is 10.7. The Labute approximate surface area is 106 Å². The summed E-state index contributed by atoms with van der Waals surface area (Å²) < 4.78 is 5.12. The van der Waals surface area contributed by atoms with Gasteiger partial charge in [0, 0.05) is 11.1 Å². The molecular formula is C13H19NO4. The van der Waals surface area contributed by atoms with E-state index >= 15 is 0 Å². The number of carbonyl (C=O) groups excluding carboxylic acids is 1. The molecule has 1 rings (SSSR count). The molecule has 2 atom stereocenters. The lowest BCUT2D eigenvalue weighted by Gasteiger charge is -2.20. The highest BCUT2D eigenvalue weighted by Gasteiger charge is 2.21. The van der Waals surface area contributed by atoms with Gasteiger partial charge in [0.25, 0.3) is 0 Å². The van der Waals surface area contributed by atoms with Gasteiger partial charge in [-0.05, 0) is 38.2 Å². The molecule has 1 aromatic rings. The average molecular weight is 253 g/mol. The SMILES string of the molecule is CNCCC(O)C(O)c1cc(C=O)ccc1OC. The van der Waals surface area contributed by atoms with Crippen LogP contribution in [0.4, 0.5) is 0 Å². The summed E-state index contributed by atoms with van der Waals surface area (Å²) in [5.41, 5.74) is 0.858. The molecule has 0 amide bonds. The van der Waals surface area contributed by atoms with E-state index in [1.165, 1.54) is 13.2 Å². The minimum absolute atomic E-state index is 0.409. The van der Waals surface area contributed by atoms with Crippen molar-refractivity contribution < 1.29 is 19.7 Å². The summed E-state index contributed by atoms with van der Waals surface area (Å²) in [7, 11) is 3.25. The van der Waals surface area contributed by atoms with Crippen LogP contribution in [0.25, 0.3) is 0 Å². The molecule has 0 saturated heterocycles. The molecule has 5 nitrogen and oxygen atoms in total. The van der Waals surface area contributed by atoms with E-state index in [4.69, 9.17) is 4.74 Å². The molecule has 0 fully saturated rings. The van der Waals surface area contributed by atoms with Crippen LogP contribution in [-0.4, -0.2) is 43.3 Å². The van der Waals surface area contributed by atoms with Crippen LogP contribution in [0, 0.1) is 0 Å². The van der Waals surface area contributed by atoms with E-state index in [-0.39, 0.29) is 0 Å². The fraction of sp³-hybridized carbons (Fsp3) is 0.462. The van der Waals surface area contributed by atoms with Gasteiger partial charge in [0.1, 0.15) is 18.1 Å². The molecule has 100 valence electrons. The number of carbonyl (C=O) groups is 1. The van der Waals surface area contributed by atoms with Crippen molar-refractivity contribution in [1.29, 1.82) is 0 Å². The fourth-order valence-electron chi connectivity index (χ4n) is 1.71. The number of hydrogen-bond donors (Lipinski definition) is 3. The van der Waals surface area contributed by atoms with Gasteiger partial charge in [-0.2, -0.15) is 0 Å². The summed E-state index contributed by atoms with van der Waals surface area (Å²) in [5, 5.41) is 22.8. The smallest absolute Gasteiger partial charge is 0.150 e. The normalized spacial score (nSPS) is 14.0. The van der Waals surface area contributed by atoms with Crippen molar-refractivity contribution in [2.24, 2.45) is 0 Å². The summed E-state index contributed by atoms with van der Waals surface area (Å²) in [6.45, 7) is 0.591. The van der Waals surface area contributed by atoms with Crippen molar-refractivity contribution >= 4 is 6.29 Å². The van der Waals surface area contributed by atoms with Crippen LogP contribution in [0.1, 0.15) is 28.4 Å². The van der Waals surface area contributed by atoms with Crippen molar-refractivity contribution in [2.45, 2.75) is 18.6 Å². The van der Waals surface area contributed by atoms with Crippen molar-refractivity contribution in [3.63, 3.8) is 0 Å². The number of aliphatic hydroxyl groups excluding tert-OH is 2. The van der Waals surface area contributed by atoms with E-state index in [0.29, 0.717) is 36.1 Å². The molecule has 0 bridgehead atoms.